The van der Waals surface area contributed by atoms with Crippen molar-refractivity contribution >= 4 is 16.8 Å². The zero-order valence-corrected chi connectivity index (χ0v) is 10.2. The second kappa shape index (κ2) is 5.79. The Morgan fingerprint density at radius 2 is 2.38 bits per heavy atom. The SMILES string of the molecule is CCC(C(=O)O)S(=O)CCc1cnn(C)c1. The smallest absolute Gasteiger partial charge is 0.319 e. The number of hydrogen-bond donors (Lipinski definition) is 1. The fraction of sp³-hybridized carbons (Fsp3) is 0.600. The monoisotopic (exact) mass is 244 g/mol. The Labute approximate surface area is 96.9 Å². The van der Waals surface area contributed by atoms with Crippen molar-refractivity contribution in [2.45, 2.75) is 25.0 Å². The van der Waals surface area contributed by atoms with Gasteiger partial charge >= 0.3 is 5.97 Å². The Kier molecular flexibility index (Phi) is 4.67. The molecule has 0 fully saturated rings. The molecule has 0 aliphatic heterocycles. The zero-order chi connectivity index (χ0) is 12.1. The second-order valence-corrected chi connectivity index (χ2v) is 5.33. The van der Waals surface area contributed by atoms with Gasteiger partial charge in [0.1, 0.15) is 5.25 Å². The second-order valence-electron chi connectivity index (χ2n) is 3.59. The summed E-state index contributed by atoms with van der Waals surface area (Å²) in [4.78, 5) is 10.8. The molecule has 0 bridgehead atoms. The van der Waals surface area contributed by atoms with Gasteiger partial charge in [-0.25, -0.2) is 0 Å². The van der Waals surface area contributed by atoms with E-state index in [1.165, 1.54) is 0 Å². The van der Waals surface area contributed by atoms with Crippen molar-refractivity contribution in [2.75, 3.05) is 5.75 Å². The predicted molar refractivity (Wildman–Crippen MR) is 61.6 cm³/mol. The van der Waals surface area contributed by atoms with Gasteiger partial charge in [-0.15, -0.1) is 0 Å². The summed E-state index contributed by atoms with van der Waals surface area (Å²) in [5.41, 5.74) is 0.982. The van der Waals surface area contributed by atoms with E-state index in [2.05, 4.69) is 5.10 Å². The maximum atomic E-state index is 11.7. The van der Waals surface area contributed by atoms with Gasteiger partial charge in [0.15, 0.2) is 0 Å². The molecule has 0 aliphatic carbocycles. The molecule has 16 heavy (non-hydrogen) atoms. The molecule has 90 valence electrons. The maximum Gasteiger partial charge on any atom is 0.319 e. The van der Waals surface area contributed by atoms with Crippen molar-refractivity contribution in [3.8, 4) is 0 Å². The van der Waals surface area contributed by atoms with Crippen LogP contribution in [0.1, 0.15) is 18.9 Å². The highest BCUT2D eigenvalue weighted by atomic mass is 32.2. The lowest BCUT2D eigenvalue weighted by Gasteiger charge is -2.08. The van der Waals surface area contributed by atoms with Gasteiger partial charge < -0.3 is 5.11 Å². The third kappa shape index (κ3) is 3.44. The van der Waals surface area contributed by atoms with E-state index in [1.54, 1.807) is 17.8 Å². The van der Waals surface area contributed by atoms with Gasteiger partial charge in [0.2, 0.25) is 0 Å². The van der Waals surface area contributed by atoms with E-state index in [-0.39, 0.29) is 0 Å². The van der Waals surface area contributed by atoms with Gasteiger partial charge in [-0.05, 0) is 18.4 Å². The minimum absolute atomic E-state index is 0.372. The lowest BCUT2D eigenvalue weighted by Crippen LogP contribution is -2.27. The van der Waals surface area contributed by atoms with Crippen LogP contribution in [-0.4, -0.2) is 36.1 Å². The first-order chi connectivity index (χ1) is 7.54. The standard InChI is InChI=1S/C10H16N2O3S/c1-3-9(10(13)14)16(15)5-4-8-6-11-12(2)7-8/h6-7,9H,3-5H2,1-2H3,(H,13,14). The molecule has 0 aromatic carbocycles. The fourth-order valence-corrected chi connectivity index (χ4v) is 2.75. The Morgan fingerprint density at radius 3 is 2.81 bits per heavy atom. The van der Waals surface area contributed by atoms with Crippen molar-refractivity contribution in [2.24, 2.45) is 7.05 Å². The molecule has 1 rings (SSSR count). The van der Waals surface area contributed by atoms with E-state index in [0.29, 0.717) is 18.6 Å². The summed E-state index contributed by atoms with van der Waals surface area (Å²) < 4.78 is 13.4. The first-order valence-corrected chi connectivity index (χ1v) is 6.50. The van der Waals surface area contributed by atoms with Gasteiger partial charge in [0, 0.05) is 29.8 Å². The molecule has 0 aliphatic rings. The van der Waals surface area contributed by atoms with E-state index in [9.17, 15) is 9.00 Å². The van der Waals surface area contributed by atoms with E-state index >= 15 is 0 Å². The predicted octanol–water partition coefficient (Wildman–Crippen LogP) is 0.575. The van der Waals surface area contributed by atoms with E-state index in [4.69, 9.17) is 5.11 Å². The average molecular weight is 244 g/mol. The molecule has 2 atom stereocenters. The molecule has 6 heteroatoms. The number of carboxylic acid groups (broad SMARTS) is 1. The summed E-state index contributed by atoms with van der Waals surface area (Å²) in [6.45, 7) is 1.74. The lowest BCUT2D eigenvalue weighted by molar-refractivity contribution is -0.136. The highest BCUT2D eigenvalue weighted by Crippen LogP contribution is 2.06. The van der Waals surface area contributed by atoms with E-state index in [0.717, 1.165) is 5.56 Å². The molecule has 2 unspecified atom stereocenters. The summed E-state index contributed by atoms with van der Waals surface area (Å²) in [7, 11) is 0.496. The summed E-state index contributed by atoms with van der Waals surface area (Å²) in [5, 5.41) is 12.1. The molecular formula is C10H16N2O3S. The van der Waals surface area contributed by atoms with Crippen LogP contribution in [0.2, 0.25) is 0 Å². The molecule has 0 saturated carbocycles. The van der Waals surface area contributed by atoms with Crippen LogP contribution in [0.5, 0.6) is 0 Å². The van der Waals surface area contributed by atoms with E-state index in [1.807, 2.05) is 13.2 Å². The first-order valence-electron chi connectivity index (χ1n) is 5.12. The number of carbonyl (C=O) groups is 1. The first kappa shape index (κ1) is 12.9. The molecular weight excluding hydrogens is 228 g/mol. The third-order valence-electron chi connectivity index (χ3n) is 2.31. The molecule has 1 heterocycles. The number of nitrogens with zero attached hydrogens (tertiary/aromatic N) is 2. The van der Waals surface area contributed by atoms with Gasteiger partial charge in [-0.1, -0.05) is 6.92 Å². The number of rotatable bonds is 6. The maximum absolute atomic E-state index is 11.7. The topological polar surface area (TPSA) is 72.2 Å². The molecule has 0 radical (unpaired) electrons. The van der Waals surface area contributed by atoms with Crippen molar-refractivity contribution in [3.05, 3.63) is 18.0 Å². The number of aryl methyl sites for hydroxylation is 2. The third-order valence-corrected chi connectivity index (χ3v) is 4.09. The summed E-state index contributed by atoms with van der Waals surface area (Å²) in [5.74, 6) is -0.608. The summed E-state index contributed by atoms with van der Waals surface area (Å²) >= 11 is 0. The molecule has 1 aromatic heterocycles. The average Bonchev–Trinajstić information content (AvgIpc) is 2.62. The molecule has 0 spiro atoms. The highest BCUT2D eigenvalue weighted by molar-refractivity contribution is 7.86. The largest absolute Gasteiger partial charge is 0.480 e. The minimum atomic E-state index is -1.32. The van der Waals surface area contributed by atoms with Crippen molar-refractivity contribution < 1.29 is 14.1 Å². The Hall–Kier alpha value is -1.17. The highest BCUT2D eigenvalue weighted by Gasteiger charge is 2.22. The van der Waals surface area contributed by atoms with Crippen LogP contribution in [0.4, 0.5) is 0 Å². The summed E-state index contributed by atoms with van der Waals surface area (Å²) in [6.07, 6.45) is 4.55. The molecule has 1 aromatic rings. The number of hydrogen-bond acceptors (Lipinski definition) is 3. The molecule has 1 N–H and O–H groups in total. The Balaban J connectivity index is 2.49. The molecule has 5 nitrogen and oxygen atoms in total. The van der Waals surface area contributed by atoms with Crippen molar-refractivity contribution in [1.29, 1.82) is 0 Å². The fourth-order valence-electron chi connectivity index (χ4n) is 1.43. The Bertz CT molecular complexity index is 389. The Morgan fingerprint density at radius 1 is 1.69 bits per heavy atom. The van der Waals surface area contributed by atoms with Crippen LogP contribution in [0.3, 0.4) is 0 Å². The zero-order valence-electron chi connectivity index (χ0n) is 9.42. The van der Waals surface area contributed by atoms with Crippen molar-refractivity contribution in [1.82, 2.24) is 9.78 Å². The van der Waals surface area contributed by atoms with Gasteiger partial charge in [0.25, 0.3) is 0 Å². The van der Waals surface area contributed by atoms with Crippen LogP contribution < -0.4 is 0 Å². The van der Waals surface area contributed by atoms with Crippen molar-refractivity contribution in [3.63, 3.8) is 0 Å². The van der Waals surface area contributed by atoms with Gasteiger partial charge in [-0.3, -0.25) is 13.7 Å². The lowest BCUT2D eigenvalue weighted by atomic mass is 10.3. The number of aromatic nitrogens is 2. The summed E-state index contributed by atoms with van der Waals surface area (Å²) in [6, 6.07) is 0. The normalized spacial score (nSPS) is 14.6. The van der Waals surface area contributed by atoms with Gasteiger partial charge in [-0.2, -0.15) is 5.10 Å². The molecule has 0 saturated heterocycles. The van der Waals surface area contributed by atoms with Crippen LogP contribution in [0, 0.1) is 0 Å². The number of aliphatic carboxylic acids is 1. The van der Waals surface area contributed by atoms with Crippen LogP contribution in [0.15, 0.2) is 12.4 Å². The number of carboxylic acids is 1. The van der Waals surface area contributed by atoms with E-state index < -0.39 is 22.0 Å². The van der Waals surface area contributed by atoms with Crippen LogP contribution in [-0.2, 0) is 29.1 Å². The van der Waals surface area contributed by atoms with Crippen LogP contribution in [0.25, 0.3) is 0 Å². The molecule has 0 amide bonds. The van der Waals surface area contributed by atoms with Gasteiger partial charge in [0.05, 0.1) is 6.20 Å². The minimum Gasteiger partial charge on any atom is -0.480 e. The van der Waals surface area contributed by atoms with Crippen LogP contribution >= 0.6 is 0 Å². The quantitative estimate of drug-likeness (QED) is 0.794.